The highest BCUT2D eigenvalue weighted by molar-refractivity contribution is 6.38. The Kier molecular flexibility index (Phi) is 6.54. The number of nitrogens with one attached hydrogen (secondary N) is 1. The molecule has 0 aliphatic carbocycles. The van der Waals surface area contributed by atoms with Crippen LogP contribution in [-0.4, -0.2) is 60.0 Å². The fraction of sp³-hybridized carbons (Fsp3) is 0.526. The van der Waals surface area contributed by atoms with Crippen molar-refractivity contribution in [2.45, 2.75) is 45.2 Å². The van der Waals surface area contributed by atoms with Crippen LogP contribution in [0.4, 0.5) is 0 Å². The maximum absolute atomic E-state index is 11.4. The summed E-state index contributed by atoms with van der Waals surface area (Å²) in [5, 5.41) is 16.2. The summed E-state index contributed by atoms with van der Waals surface area (Å²) in [4.78, 5) is 17.5. The van der Waals surface area contributed by atoms with Gasteiger partial charge in [0.25, 0.3) is 0 Å². The molecular formula is C19H27N5O3. The minimum absolute atomic E-state index is 0.174. The molecule has 1 amide bonds. The van der Waals surface area contributed by atoms with E-state index in [2.05, 4.69) is 15.4 Å². The number of aliphatic hydroxyl groups is 1. The van der Waals surface area contributed by atoms with E-state index in [9.17, 15) is 9.90 Å². The van der Waals surface area contributed by atoms with Crippen LogP contribution in [0.1, 0.15) is 36.0 Å². The lowest BCUT2D eigenvalue weighted by Crippen LogP contribution is -2.35. The molecule has 27 heavy (non-hydrogen) atoms. The number of hydrogen-bond donors (Lipinski definition) is 3. The van der Waals surface area contributed by atoms with Crippen LogP contribution in [0.5, 0.6) is 0 Å². The number of hydrazone groups is 1. The molecule has 2 atom stereocenters. The molecule has 2 fully saturated rings. The second-order valence-corrected chi connectivity index (χ2v) is 6.99. The SMILES string of the molecule is Cc1cc(CN2CC(=O)NC2O)ccc1/C(C=NCC1CCCCO1)=N/N. The van der Waals surface area contributed by atoms with Crippen molar-refractivity contribution in [3.63, 3.8) is 0 Å². The number of aliphatic imine (C=N–C) groups is 1. The van der Waals surface area contributed by atoms with Gasteiger partial charge in [0.2, 0.25) is 5.91 Å². The number of aliphatic hydroxyl groups excluding tert-OH is 1. The van der Waals surface area contributed by atoms with E-state index in [4.69, 9.17) is 10.6 Å². The van der Waals surface area contributed by atoms with E-state index in [-0.39, 0.29) is 18.6 Å². The molecule has 2 aliphatic heterocycles. The lowest BCUT2D eigenvalue weighted by atomic mass is 10.0. The van der Waals surface area contributed by atoms with E-state index in [1.807, 2.05) is 25.1 Å². The Labute approximate surface area is 159 Å². The number of carbonyl (C=O) groups is 1. The summed E-state index contributed by atoms with van der Waals surface area (Å²) in [6.07, 6.45) is 4.30. The smallest absolute Gasteiger partial charge is 0.237 e. The maximum atomic E-state index is 11.4. The van der Waals surface area contributed by atoms with Gasteiger partial charge in [0.05, 0.1) is 19.2 Å². The Morgan fingerprint density at radius 3 is 2.96 bits per heavy atom. The van der Waals surface area contributed by atoms with Crippen molar-refractivity contribution < 1.29 is 14.6 Å². The number of ether oxygens (including phenoxy) is 1. The summed E-state index contributed by atoms with van der Waals surface area (Å²) in [6, 6.07) is 5.90. The van der Waals surface area contributed by atoms with Gasteiger partial charge in [0.15, 0.2) is 6.35 Å². The zero-order valence-corrected chi connectivity index (χ0v) is 15.6. The van der Waals surface area contributed by atoms with Crippen LogP contribution in [0.15, 0.2) is 28.3 Å². The second kappa shape index (κ2) is 9.07. The van der Waals surface area contributed by atoms with Crippen molar-refractivity contribution >= 4 is 17.8 Å². The largest absolute Gasteiger partial charge is 0.376 e. The molecule has 2 heterocycles. The number of nitrogens with two attached hydrogens (primary N) is 1. The van der Waals surface area contributed by atoms with Crippen LogP contribution in [0, 0.1) is 6.92 Å². The van der Waals surface area contributed by atoms with E-state index in [1.165, 1.54) is 6.42 Å². The average Bonchev–Trinajstić information content (AvgIpc) is 2.97. The highest BCUT2D eigenvalue weighted by atomic mass is 16.5. The zero-order chi connectivity index (χ0) is 19.2. The Morgan fingerprint density at radius 1 is 1.48 bits per heavy atom. The van der Waals surface area contributed by atoms with Crippen LogP contribution in [0.3, 0.4) is 0 Å². The van der Waals surface area contributed by atoms with Crippen LogP contribution >= 0.6 is 0 Å². The fourth-order valence-corrected chi connectivity index (χ4v) is 3.42. The molecule has 0 aromatic heterocycles. The highest BCUT2D eigenvalue weighted by Gasteiger charge is 2.27. The van der Waals surface area contributed by atoms with Gasteiger partial charge in [-0.05, 0) is 37.3 Å². The summed E-state index contributed by atoms with van der Waals surface area (Å²) in [5.41, 5.74) is 3.53. The van der Waals surface area contributed by atoms with E-state index in [1.54, 1.807) is 11.1 Å². The monoisotopic (exact) mass is 373 g/mol. The number of amides is 1. The molecule has 1 aromatic carbocycles. The van der Waals surface area contributed by atoms with E-state index in [0.29, 0.717) is 18.8 Å². The summed E-state index contributed by atoms with van der Waals surface area (Å²) >= 11 is 0. The van der Waals surface area contributed by atoms with Gasteiger partial charge in [0, 0.05) is 24.9 Å². The molecule has 146 valence electrons. The zero-order valence-electron chi connectivity index (χ0n) is 15.6. The predicted octanol–water partition coefficient (Wildman–Crippen LogP) is 0.505. The Morgan fingerprint density at radius 2 is 2.33 bits per heavy atom. The number of carbonyl (C=O) groups excluding carboxylic acids is 1. The average molecular weight is 373 g/mol. The summed E-state index contributed by atoms with van der Waals surface area (Å²) in [6.45, 7) is 4.07. The van der Waals surface area contributed by atoms with Gasteiger partial charge in [0.1, 0.15) is 5.71 Å². The second-order valence-electron chi connectivity index (χ2n) is 6.99. The first-order valence-corrected chi connectivity index (χ1v) is 9.27. The van der Waals surface area contributed by atoms with Gasteiger partial charge in [-0.3, -0.25) is 9.79 Å². The third kappa shape index (κ3) is 5.12. The van der Waals surface area contributed by atoms with Crippen molar-refractivity contribution in [3.05, 3.63) is 34.9 Å². The molecule has 0 bridgehead atoms. The van der Waals surface area contributed by atoms with Gasteiger partial charge >= 0.3 is 0 Å². The fourth-order valence-electron chi connectivity index (χ4n) is 3.42. The lowest BCUT2D eigenvalue weighted by Gasteiger charge is -2.20. The van der Waals surface area contributed by atoms with Crippen LogP contribution in [0.25, 0.3) is 0 Å². The number of benzene rings is 1. The molecule has 1 aromatic rings. The van der Waals surface area contributed by atoms with Crippen molar-refractivity contribution in [1.82, 2.24) is 10.2 Å². The summed E-state index contributed by atoms with van der Waals surface area (Å²) in [5.74, 6) is 5.40. The number of hydrogen-bond acceptors (Lipinski definition) is 7. The molecule has 0 radical (unpaired) electrons. The van der Waals surface area contributed by atoms with Gasteiger partial charge in [-0.2, -0.15) is 5.10 Å². The molecule has 2 unspecified atom stereocenters. The molecule has 0 saturated carbocycles. The first-order valence-electron chi connectivity index (χ1n) is 9.27. The molecule has 2 saturated heterocycles. The Hall–Kier alpha value is -2.29. The van der Waals surface area contributed by atoms with E-state index in [0.717, 1.165) is 36.1 Å². The lowest BCUT2D eigenvalue weighted by molar-refractivity contribution is -0.119. The topological polar surface area (TPSA) is 113 Å². The quantitative estimate of drug-likeness (QED) is 0.382. The summed E-state index contributed by atoms with van der Waals surface area (Å²) in [7, 11) is 0. The first-order chi connectivity index (χ1) is 13.1. The third-order valence-corrected chi connectivity index (χ3v) is 4.87. The molecule has 8 nitrogen and oxygen atoms in total. The highest BCUT2D eigenvalue weighted by Crippen LogP contribution is 2.16. The molecule has 4 N–H and O–H groups in total. The van der Waals surface area contributed by atoms with Crippen LogP contribution < -0.4 is 11.2 Å². The maximum Gasteiger partial charge on any atom is 0.237 e. The predicted molar refractivity (Wildman–Crippen MR) is 103 cm³/mol. The van der Waals surface area contributed by atoms with Crippen molar-refractivity contribution in [3.8, 4) is 0 Å². The normalized spacial score (nSPS) is 24.5. The van der Waals surface area contributed by atoms with Crippen LogP contribution in [-0.2, 0) is 16.1 Å². The number of rotatable bonds is 6. The van der Waals surface area contributed by atoms with Crippen LogP contribution in [0.2, 0.25) is 0 Å². The van der Waals surface area contributed by atoms with E-state index < -0.39 is 6.35 Å². The molecule has 0 spiro atoms. The minimum Gasteiger partial charge on any atom is -0.376 e. The van der Waals surface area contributed by atoms with Crippen molar-refractivity contribution in [1.29, 1.82) is 0 Å². The first kappa shape index (κ1) is 19.5. The van der Waals surface area contributed by atoms with Gasteiger partial charge in [-0.1, -0.05) is 18.2 Å². The van der Waals surface area contributed by atoms with E-state index >= 15 is 0 Å². The van der Waals surface area contributed by atoms with Crippen molar-refractivity contribution in [2.75, 3.05) is 19.7 Å². The molecule has 2 aliphatic rings. The molecule has 8 heteroatoms. The molecule has 3 rings (SSSR count). The van der Waals surface area contributed by atoms with Gasteiger partial charge in [-0.15, -0.1) is 0 Å². The molecular weight excluding hydrogens is 346 g/mol. The third-order valence-electron chi connectivity index (χ3n) is 4.87. The summed E-state index contributed by atoms with van der Waals surface area (Å²) < 4.78 is 5.68. The number of aryl methyl sites for hydroxylation is 1. The Balaban J connectivity index is 1.63. The van der Waals surface area contributed by atoms with Crippen molar-refractivity contribution in [2.24, 2.45) is 15.9 Å². The Bertz CT molecular complexity index is 728. The van der Waals surface area contributed by atoms with Gasteiger partial charge in [-0.25, -0.2) is 4.90 Å². The van der Waals surface area contributed by atoms with Gasteiger partial charge < -0.3 is 21.0 Å². The minimum atomic E-state index is -0.937. The number of nitrogens with zero attached hydrogens (tertiary/aromatic N) is 3. The standard InChI is InChI=1S/C19H27N5O3/c1-13-8-14(11-24-12-18(25)22-19(24)26)5-6-16(13)17(23-20)10-21-9-15-4-2-3-7-27-15/h5-6,8,10,15,19,26H,2-4,7,9,11-12,20H2,1H3,(H,22,25)/b21-10?,23-17+.